The van der Waals surface area contributed by atoms with E-state index in [1.54, 1.807) is 12.5 Å². The molecule has 0 saturated carbocycles. The molecule has 0 unspecified atom stereocenters. The normalized spacial score (nSPS) is 10.7. The zero-order valence-electron chi connectivity index (χ0n) is 17.2. The quantitative estimate of drug-likeness (QED) is 0.134. The van der Waals surface area contributed by atoms with E-state index >= 15 is 0 Å². The van der Waals surface area contributed by atoms with Gasteiger partial charge in [0.15, 0.2) is 22.2 Å². The molecule has 0 amide bonds. The molecule has 14 heteroatoms. The van der Waals surface area contributed by atoms with Crippen molar-refractivity contribution in [1.82, 2.24) is 24.5 Å². The molecule has 0 aliphatic rings. The smallest absolute Gasteiger partial charge is 0.256 e. The number of benzene rings is 1. The number of carbonyl (C=O) groups excluding carboxylic acids is 1. The minimum Gasteiger partial charge on any atom is -0.298 e. The van der Waals surface area contributed by atoms with Crippen LogP contribution in [0.3, 0.4) is 0 Å². The monoisotopic (exact) mass is 561 g/mol. The predicted octanol–water partition coefficient (Wildman–Crippen LogP) is 5.75. The van der Waals surface area contributed by atoms with Crippen molar-refractivity contribution < 1.29 is 13.6 Å². The van der Waals surface area contributed by atoms with Crippen molar-refractivity contribution >= 4 is 75.6 Å². The van der Waals surface area contributed by atoms with Crippen molar-refractivity contribution in [1.29, 1.82) is 0 Å². The second-order valence-corrected chi connectivity index (χ2v) is 8.79. The van der Waals surface area contributed by atoms with E-state index in [1.807, 2.05) is 0 Å². The summed E-state index contributed by atoms with van der Waals surface area (Å²) < 4.78 is 28.2. The Balaban J connectivity index is 0.000000229. The number of nitrogens with zero attached hydrogens (tertiary/aromatic N) is 5. The van der Waals surface area contributed by atoms with Crippen molar-refractivity contribution in [2.45, 2.75) is 10.3 Å². The maximum absolute atomic E-state index is 14.0. The van der Waals surface area contributed by atoms with Crippen LogP contribution >= 0.6 is 58.3 Å². The van der Waals surface area contributed by atoms with Crippen molar-refractivity contribution in [3.63, 3.8) is 0 Å². The molecule has 3 aromatic heterocycles. The number of fused-ring (bicyclic) bond motifs is 1. The van der Waals surface area contributed by atoms with Gasteiger partial charge >= 0.3 is 0 Å². The van der Waals surface area contributed by atoms with Crippen LogP contribution in [0.2, 0.25) is 15.5 Å². The van der Waals surface area contributed by atoms with Crippen LogP contribution in [-0.4, -0.2) is 43.3 Å². The number of hydrogen-bond donors (Lipinski definition) is 0. The summed E-state index contributed by atoms with van der Waals surface area (Å²) in [6.45, 7) is 0. The van der Waals surface area contributed by atoms with E-state index in [1.165, 1.54) is 41.7 Å². The standard InChI is InChI=1S/C14H8ClF2N3OS.C6H4Cl2N2OS/c1-22-14-18-12(15)8-3-5-11(21)20(13(8)19-14)10-4-2-7(16)6-9(10)17;1-12-6-9-4(7)3(2-11)5(8)10-6/h2-6H,1H3;2H,1H3. The van der Waals surface area contributed by atoms with E-state index in [0.29, 0.717) is 28.1 Å². The zero-order chi connectivity index (χ0) is 25.0. The summed E-state index contributed by atoms with van der Waals surface area (Å²) >= 11 is 19.9. The minimum absolute atomic E-state index is 0.0920. The highest BCUT2D eigenvalue weighted by Gasteiger charge is 2.15. The van der Waals surface area contributed by atoms with Gasteiger partial charge in [0, 0.05) is 12.1 Å². The molecular weight excluding hydrogens is 551 g/mol. The van der Waals surface area contributed by atoms with Gasteiger partial charge in [0.25, 0.3) is 5.56 Å². The van der Waals surface area contributed by atoms with Gasteiger partial charge in [-0.05, 0) is 30.7 Å². The summed E-state index contributed by atoms with van der Waals surface area (Å²) in [6.07, 6.45) is 4.08. The van der Waals surface area contributed by atoms with Gasteiger partial charge in [0.2, 0.25) is 0 Å². The molecule has 0 bridgehead atoms. The highest BCUT2D eigenvalue weighted by molar-refractivity contribution is 7.98. The maximum Gasteiger partial charge on any atom is 0.256 e. The summed E-state index contributed by atoms with van der Waals surface area (Å²) in [5, 5.41) is 1.55. The molecule has 4 rings (SSSR count). The third-order valence-corrected chi connectivity index (χ3v) is 6.11. The van der Waals surface area contributed by atoms with E-state index < -0.39 is 17.2 Å². The number of aromatic nitrogens is 5. The van der Waals surface area contributed by atoms with Gasteiger partial charge in [0.05, 0.1) is 16.6 Å². The first-order valence-corrected chi connectivity index (χ1v) is 12.6. The van der Waals surface area contributed by atoms with Crippen LogP contribution in [0.25, 0.3) is 16.7 Å². The lowest BCUT2D eigenvalue weighted by Gasteiger charge is -2.11. The summed E-state index contributed by atoms with van der Waals surface area (Å²) in [6, 6.07) is 5.67. The maximum atomic E-state index is 14.0. The summed E-state index contributed by atoms with van der Waals surface area (Å²) in [4.78, 5) is 38.5. The van der Waals surface area contributed by atoms with E-state index in [0.717, 1.165) is 10.6 Å². The fraction of sp³-hybridized carbons (Fsp3) is 0.100. The van der Waals surface area contributed by atoms with Gasteiger partial charge in [-0.15, -0.1) is 0 Å². The number of halogens is 5. The molecule has 3 heterocycles. The van der Waals surface area contributed by atoms with Crippen LogP contribution in [0.4, 0.5) is 8.78 Å². The van der Waals surface area contributed by atoms with Gasteiger partial charge in [-0.1, -0.05) is 58.3 Å². The average Bonchev–Trinajstić information content (AvgIpc) is 2.79. The molecule has 34 heavy (non-hydrogen) atoms. The molecule has 0 aliphatic carbocycles. The Morgan fingerprint density at radius 1 is 0.882 bits per heavy atom. The summed E-state index contributed by atoms with van der Waals surface area (Å²) in [7, 11) is 0. The summed E-state index contributed by atoms with van der Waals surface area (Å²) in [5.74, 6) is -1.60. The van der Waals surface area contributed by atoms with Crippen LogP contribution < -0.4 is 5.56 Å². The molecule has 0 spiro atoms. The van der Waals surface area contributed by atoms with Crippen molar-refractivity contribution in [3.8, 4) is 5.69 Å². The topological polar surface area (TPSA) is 90.6 Å². The Morgan fingerprint density at radius 2 is 1.47 bits per heavy atom. The third kappa shape index (κ3) is 5.66. The minimum atomic E-state index is -0.866. The largest absolute Gasteiger partial charge is 0.298 e. The van der Waals surface area contributed by atoms with Gasteiger partial charge in [-0.2, -0.15) is 0 Å². The third-order valence-electron chi connectivity index (χ3n) is 4.15. The molecule has 0 saturated heterocycles. The van der Waals surface area contributed by atoms with E-state index in [2.05, 4.69) is 19.9 Å². The first-order valence-electron chi connectivity index (χ1n) is 9.01. The van der Waals surface area contributed by atoms with Crippen LogP contribution in [0, 0.1) is 11.6 Å². The van der Waals surface area contributed by atoms with Gasteiger partial charge in [-0.25, -0.2) is 28.7 Å². The van der Waals surface area contributed by atoms with Gasteiger partial charge in [0.1, 0.15) is 27.1 Å². The number of thioether (sulfide) groups is 2. The Kier molecular flexibility index (Phi) is 8.83. The summed E-state index contributed by atoms with van der Waals surface area (Å²) in [5.41, 5.74) is -0.294. The predicted molar refractivity (Wildman–Crippen MR) is 131 cm³/mol. The Labute approximate surface area is 214 Å². The van der Waals surface area contributed by atoms with Crippen molar-refractivity contribution in [2.75, 3.05) is 12.5 Å². The van der Waals surface area contributed by atoms with Crippen molar-refractivity contribution in [3.05, 3.63) is 73.3 Å². The van der Waals surface area contributed by atoms with Gasteiger partial charge < -0.3 is 0 Å². The molecule has 176 valence electrons. The molecule has 1 aromatic carbocycles. The SMILES string of the molecule is CSc1nc(Cl)c(C=O)c(Cl)n1.CSc1nc(Cl)c2ccc(=O)n(-c3ccc(F)cc3F)c2n1. The van der Waals surface area contributed by atoms with Crippen LogP contribution in [0.15, 0.2) is 45.4 Å². The highest BCUT2D eigenvalue weighted by Crippen LogP contribution is 2.25. The lowest BCUT2D eigenvalue weighted by Crippen LogP contribution is -2.20. The fourth-order valence-electron chi connectivity index (χ4n) is 2.63. The second-order valence-electron chi connectivity index (χ2n) is 6.16. The fourth-order valence-corrected chi connectivity index (χ4v) is 4.21. The lowest BCUT2D eigenvalue weighted by atomic mass is 10.2. The molecule has 0 atom stereocenters. The lowest BCUT2D eigenvalue weighted by molar-refractivity contribution is 0.112. The Bertz CT molecular complexity index is 1430. The number of carbonyl (C=O) groups is 1. The molecule has 4 aromatic rings. The molecule has 0 fully saturated rings. The molecule has 0 N–H and O–H groups in total. The van der Waals surface area contributed by atoms with E-state index in [9.17, 15) is 18.4 Å². The zero-order valence-corrected chi connectivity index (χ0v) is 21.1. The molecular formula is C20H12Cl3F2N5O2S2. The van der Waals surface area contributed by atoms with Crippen LogP contribution in [-0.2, 0) is 0 Å². The average molecular weight is 563 g/mol. The second kappa shape index (κ2) is 11.4. The molecule has 0 radical (unpaired) electrons. The van der Waals surface area contributed by atoms with Crippen molar-refractivity contribution in [2.24, 2.45) is 0 Å². The Morgan fingerprint density at radius 3 is 2.03 bits per heavy atom. The highest BCUT2D eigenvalue weighted by atomic mass is 35.5. The first kappa shape index (κ1) is 26.3. The number of aldehydes is 1. The Hall–Kier alpha value is -2.31. The first-order chi connectivity index (χ1) is 16.2. The number of rotatable bonds is 4. The van der Waals surface area contributed by atoms with E-state index in [-0.39, 0.29) is 32.4 Å². The van der Waals surface area contributed by atoms with E-state index in [4.69, 9.17) is 34.8 Å². The number of hydrogen-bond acceptors (Lipinski definition) is 8. The van der Waals surface area contributed by atoms with Crippen LogP contribution in [0.1, 0.15) is 10.4 Å². The van der Waals surface area contributed by atoms with Gasteiger partial charge in [-0.3, -0.25) is 14.2 Å². The van der Waals surface area contributed by atoms with Crippen LogP contribution in [0.5, 0.6) is 0 Å². The number of pyridine rings is 1. The molecule has 0 aliphatic heterocycles. The molecule has 7 nitrogen and oxygen atoms in total.